The van der Waals surface area contributed by atoms with Gasteiger partial charge in [-0.1, -0.05) is 36.0 Å². The number of nitrogens with zero attached hydrogens (tertiary/aromatic N) is 3. The summed E-state index contributed by atoms with van der Waals surface area (Å²) >= 11 is 1.14. The van der Waals surface area contributed by atoms with Crippen LogP contribution in [0.4, 0.5) is 10.1 Å². The molecule has 4 rings (SSSR count). The maximum atomic E-state index is 13.4. The zero-order valence-corrected chi connectivity index (χ0v) is 17.7. The summed E-state index contributed by atoms with van der Waals surface area (Å²) in [5, 5.41) is 2.90. The number of rotatable bonds is 5. The summed E-state index contributed by atoms with van der Waals surface area (Å²) in [6.45, 7) is 3.61. The van der Waals surface area contributed by atoms with Crippen molar-refractivity contribution in [1.29, 1.82) is 0 Å². The molecule has 2 heterocycles. The molecule has 0 saturated heterocycles. The molecular formula is C23H19FN4O2S. The van der Waals surface area contributed by atoms with Gasteiger partial charge in [-0.05, 0) is 55.8 Å². The molecule has 1 N–H and O–H groups in total. The summed E-state index contributed by atoms with van der Waals surface area (Å²) in [6.07, 6.45) is 1.67. The van der Waals surface area contributed by atoms with Gasteiger partial charge in [0.05, 0.1) is 16.2 Å². The number of nitrogens with one attached hydrogen (secondary N) is 1. The highest BCUT2D eigenvalue weighted by atomic mass is 32.2. The molecule has 0 fully saturated rings. The van der Waals surface area contributed by atoms with Crippen LogP contribution in [0.2, 0.25) is 0 Å². The van der Waals surface area contributed by atoms with E-state index in [0.29, 0.717) is 27.6 Å². The van der Waals surface area contributed by atoms with E-state index in [1.165, 1.54) is 22.8 Å². The predicted octanol–water partition coefficient (Wildman–Crippen LogP) is 4.35. The maximum absolute atomic E-state index is 13.4. The van der Waals surface area contributed by atoms with Crippen LogP contribution >= 0.6 is 11.8 Å². The van der Waals surface area contributed by atoms with Gasteiger partial charge in [0.15, 0.2) is 5.16 Å². The van der Waals surface area contributed by atoms with Crippen LogP contribution in [0.3, 0.4) is 0 Å². The van der Waals surface area contributed by atoms with Crippen molar-refractivity contribution < 1.29 is 9.18 Å². The Labute approximate surface area is 182 Å². The summed E-state index contributed by atoms with van der Waals surface area (Å²) in [4.78, 5) is 34.9. The van der Waals surface area contributed by atoms with Crippen molar-refractivity contribution in [3.8, 4) is 5.82 Å². The van der Waals surface area contributed by atoms with Gasteiger partial charge < -0.3 is 5.32 Å². The molecule has 1 amide bonds. The highest BCUT2D eigenvalue weighted by molar-refractivity contribution is 8.00. The van der Waals surface area contributed by atoms with Crippen molar-refractivity contribution in [2.45, 2.75) is 24.3 Å². The normalized spacial score (nSPS) is 12.0. The molecule has 156 valence electrons. The molecule has 0 saturated carbocycles. The molecule has 4 aromatic rings. The minimum absolute atomic E-state index is 0.262. The third kappa shape index (κ3) is 4.49. The van der Waals surface area contributed by atoms with E-state index < -0.39 is 11.1 Å². The van der Waals surface area contributed by atoms with Gasteiger partial charge in [0.25, 0.3) is 5.56 Å². The topological polar surface area (TPSA) is 76.9 Å². The fraction of sp³-hybridized carbons (Fsp3) is 0.130. The molecule has 0 spiro atoms. The van der Waals surface area contributed by atoms with Gasteiger partial charge in [0, 0.05) is 11.9 Å². The Morgan fingerprint density at radius 3 is 2.68 bits per heavy atom. The van der Waals surface area contributed by atoms with Crippen molar-refractivity contribution in [2.75, 3.05) is 5.32 Å². The van der Waals surface area contributed by atoms with Gasteiger partial charge in [-0.25, -0.2) is 18.9 Å². The number of hydrogen-bond acceptors (Lipinski definition) is 5. The number of aromatic nitrogens is 3. The number of para-hydroxylation sites is 1. The molecule has 6 nitrogen and oxygen atoms in total. The smallest absolute Gasteiger partial charge is 0.267 e. The zero-order valence-electron chi connectivity index (χ0n) is 16.9. The summed E-state index contributed by atoms with van der Waals surface area (Å²) in [7, 11) is 0. The average Bonchev–Trinajstić information content (AvgIpc) is 2.75. The Hall–Kier alpha value is -3.52. The number of fused-ring (bicyclic) bond motifs is 1. The number of benzene rings is 2. The Bertz CT molecular complexity index is 1320. The largest absolute Gasteiger partial charge is 0.325 e. The minimum atomic E-state index is -0.604. The number of pyridine rings is 1. The van der Waals surface area contributed by atoms with Crippen LogP contribution in [0.5, 0.6) is 0 Å². The van der Waals surface area contributed by atoms with Gasteiger partial charge in [0.2, 0.25) is 5.91 Å². The van der Waals surface area contributed by atoms with Crippen molar-refractivity contribution in [2.24, 2.45) is 0 Å². The lowest BCUT2D eigenvalue weighted by molar-refractivity contribution is -0.115. The highest BCUT2D eigenvalue weighted by Gasteiger charge is 2.21. The standard InChI is InChI=1S/C23H19FN4O2S/c1-14-10-11-20(25-13-14)28-22(30)18-8-3-4-9-19(18)27-23(28)31-15(2)21(29)26-17-7-5-6-16(24)12-17/h3-13,15H,1-2H3,(H,26,29). The molecule has 1 atom stereocenters. The first-order valence-corrected chi connectivity index (χ1v) is 10.5. The van der Waals surface area contributed by atoms with E-state index in [1.54, 1.807) is 49.5 Å². The Kier molecular flexibility index (Phi) is 5.81. The Balaban J connectivity index is 1.72. The van der Waals surface area contributed by atoms with Crippen LogP contribution in [-0.4, -0.2) is 25.7 Å². The van der Waals surface area contributed by atoms with E-state index in [-0.39, 0.29) is 11.5 Å². The predicted molar refractivity (Wildman–Crippen MR) is 120 cm³/mol. The van der Waals surface area contributed by atoms with Crippen LogP contribution < -0.4 is 10.9 Å². The third-order valence-corrected chi connectivity index (χ3v) is 5.67. The van der Waals surface area contributed by atoms with Crippen LogP contribution in [0.1, 0.15) is 12.5 Å². The molecule has 0 aliphatic carbocycles. The Morgan fingerprint density at radius 1 is 1.13 bits per heavy atom. The number of halogens is 1. The summed E-state index contributed by atoms with van der Waals surface area (Å²) in [6, 6.07) is 16.3. The number of carbonyl (C=O) groups excluding carboxylic acids is 1. The number of aryl methyl sites for hydroxylation is 1. The second-order valence-corrected chi connectivity index (χ2v) is 8.31. The molecule has 2 aromatic carbocycles. The molecule has 1 unspecified atom stereocenters. The monoisotopic (exact) mass is 434 g/mol. The SMILES string of the molecule is Cc1ccc(-n2c(SC(C)C(=O)Nc3cccc(F)c3)nc3ccccc3c2=O)nc1. The first-order chi connectivity index (χ1) is 14.9. The molecule has 8 heteroatoms. The van der Waals surface area contributed by atoms with E-state index in [2.05, 4.69) is 15.3 Å². The van der Waals surface area contributed by atoms with E-state index >= 15 is 0 Å². The fourth-order valence-corrected chi connectivity index (χ4v) is 3.92. The lowest BCUT2D eigenvalue weighted by Crippen LogP contribution is -2.26. The van der Waals surface area contributed by atoms with Crippen LogP contribution in [0.15, 0.2) is 76.8 Å². The number of anilines is 1. The van der Waals surface area contributed by atoms with Gasteiger partial charge in [-0.2, -0.15) is 0 Å². The van der Waals surface area contributed by atoms with Gasteiger partial charge in [-0.15, -0.1) is 0 Å². The zero-order chi connectivity index (χ0) is 22.0. The second-order valence-electron chi connectivity index (χ2n) is 7.01. The van der Waals surface area contributed by atoms with Crippen molar-refractivity contribution in [3.05, 3.63) is 88.6 Å². The van der Waals surface area contributed by atoms with Crippen LogP contribution in [0.25, 0.3) is 16.7 Å². The van der Waals surface area contributed by atoms with E-state index in [0.717, 1.165) is 17.3 Å². The van der Waals surface area contributed by atoms with Crippen LogP contribution in [0, 0.1) is 12.7 Å². The number of hydrogen-bond donors (Lipinski definition) is 1. The minimum Gasteiger partial charge on any atom is -0.325 e. The van der Waals surface area contributed by atoms with E-state index in [9.17, 15) is 14.0 Å². The Morgan fingerprint density at radius 2 is 1.94 bits per heavy atom. The van der Waals surface area contributed by atoms with Gasteiger partial charge >= 0.3 is 0 Å². The van der Waals surface area contributed by atoms with Crippen molar-refractivity contribution in [3.63, 3.8) is 0 Å². The third-order valence-electron chi connectivity index (χ3n) is 4.61. The summed E-state index contributed by atoms with van der Waals surface area (Å²) in [5.74, 6) is -0.343. The first-order valence-electron chi connectivity index (χ1n) is 9.60. The highest BCUT2D eigenvalue weighted by Crippen LogP contribution is 2.25. The number of carbonyl (C=O) groups is 1. The first kappa shape index (κ1) is 20.7. The number of amides is 1. The molecular weight excluding hydrogens is 415 g/mol. The average molecular weight is 434 g/mol. The molecule has 0 radical (unpaired) electrons. The lowest BCUT2D eigenvalue weighted by Gasteiger charge is -2.16. The van der Waals surface area contributed by atoms with E-state index in [1.807, 2.05) is 13.0 Å². The molecule has 31 heavy (non-hydrogen) atoms. The number of thioether (sulfide) groups is 1. The molecule has 2 aromatic heterocycles. The molecule has 0 aliphatic rings. The molecule has 0 bridgehead atoms. The lowest BCUT2D eigenvalue weighted by atomic mass is 10.2. The fourth-order valence-electron chi connectivity index (χ4n) is 3.01. The van der Waals surface area contributed by atoms with E-state index in [4.69, 9.17) is 0 Å². The summed E-state index contributed by atoms with van der Waals surface area (Å²) < 4.78 is 14.8. The van der Waals surface area contributed by atoms with Gasteiger partial charge in [0.1, 0.15) is 11.6 Å². The quantitative estimate of drug-likeness (QED) is 0.373. The van der Waals surface area contributed by atoms with Crippen molar-refractivity contribution in [1.82, 2.24) is 14.5 Å². The second kappa shape index (κ2) is 8.69. The maximum Gasteiger partial charge on any atom is 0.267 e. The van der Waals surface area contributed by atoms with Gasteiger partial charge in [-0.3, -0.25) is 9.59 Å². The molecule has 0 aliphatic heterocycles. The van der Waals surface area contributed by atoms with Crippen LogP contribution in [-0.2, 0) is 4.79 Å². The summed E-state index contributed by atoms with van der Waals surface area (Å²) in [5.41, 5.74) is 1.60. The van der Waals surface area contributed by atoms with Crippen molar-refractivity contribution >= 4 is 34.3 Å².